The Kier molecular flexibility index (Phi) is 5.43. The molecule has 3 rings (SSSR count). The lowest BCUT2D eigenvalue weighted by molar-refractivity contribution is 0.414. The van der Waals surface area contributed by atoms with Gasteiger partial charge in [0.1, 0.15) is 5.75 Å². The van der Waals surface area contributed by atoms with Crippen LogP contribution in [0.3, 0.4) is 0 Å². The minimum Gasteiger partial charge on any atom is -0.497 e. The van der Waals surface area contributed by atoms with Crippen molar-refractivity contribution >= 4 is 23.5 Å². The molecule has 0 saturated heterocycles. The van der Waals surface area contributed by atoms with Gasteiger partial charge >= 0.3 is 0 Å². The highest BCUT2D eigenvalue weighted by atomic mass is 16.5. The van der Waals surface area contributed by atoms with E-state index >= 15 is 0 Å². The van der Waals surface area contributed by atoms with E-state index in [1.165, 1.54) is 22.4 Å². The third-order valence-corrected chi connectivity index (χ3v) is 4.42. The zero-order chi connectivity index (χ0) is 18.5. The highest BCUT2D eigenvalue weighted by Crippen LogP contribution is 2.26. The maximum atomic E-state index is 5.26. The van der Waals surface area contributed by atoms with Gasteiger partial charge in [0.25, 0.3) is 0 Å². The molecule has 3 aromatic carbocycles. The van der Waals surface area contributed by atoms with Gasteiger partial charge in [-0.15, -0.1) is 0 Å². The van der Waals surface area contributed by atoms with E-state index in [4.69, 9.17) is 4.74 Å². The number of hydrogen-bond donors (Lipinski definition) is 1. The summed E-state index contributed by atoms with van der Waals surface area (Å²) >= 11 is 0. The number of ether oxygens (including phenoxy) is 1. The van der Waals surface area contributed by atoms with Gasteiger partial charge in [-0.2, -0.15) is 0 Å². The van der Waals surface area contributed by atoms with E-state index < -0.39 is 0 Å². The molecular formula is C24H25NO. The van der Waals surface area contributed by atoms with E-state index in [2.05, 4.69) is 80.7 Å². The Morgan fingerprint density at radius 1 is 0.769 bits per heavy atom. The lowest BCUT2D eigenvalue weighted by atomic mass is 10.0. The van der Waals surface area contributed by atoms with Crippen molar-refractivity contribution in [1.29, 1.82) is 0 Å². The Labute approximate surface area is 156 Å². The first-order chi connectivity index (χ1) is 12.5. The first kappa shape index (κ1) is 17.8. The minimum atomic E-state index is 0.871. The molecule has 0 unspecified atom stereocenters. The van der Waals surface area contributed by atoms with Crippen LogP contribution in [0.1, 0.15) is 27.8 Å². The second-order valence-electron chi connectivity index (χ2n) is 6.63. The molecular weight excluding hydrogens is 318 g/mol. The van der Waals surface area contributed by atoms with Crippen molar-refractivity contribution in [1.82, 2.24) is 0 Å². The van der Waals surface area contributed by atoms with E-state index in [1.807, 2.05) is 18.2 Å². The fourth-order valence-electron chi connectivity index (χ4n) is 3.14. The molecule has 0 saturated carbocycles. The highest BCUT2D eigenvalue weighted by molar-refractivity contribution is 5.72. The highest BCUT2D eigenvalue weighted by Gasteiger charge is 2.04. The smallest absolute Gasteiger partial charge is 0.119 e. The third-order valence-electron chi connectivity index (χ3n) is 4.42. The molecule has 2 heteroatoms. The van der Waals surface area contributed by atoms with Gasteiger partial charge in [0.2, 0.25) is 0 Å². The standard InChI is InChI=1S/C24H25NO/c1-17-14-18(2)24(19(3)15-17)25-22-12-10-20(11-13-22)8-9-21-6-5-7-23(16-21)26-4/h5-16,25H,1-4H3/b9-8+. The molecule has 0 atom stereocenters. The summed E-state index contributed by atoms with van der Waals surface area (Å²) in [4.78, 5) is 0. The van der Waals surface area contributed by atoms with Gasteiger partial charge in [-0.3, -0.25) is 0 Å². The average Bonchev–Trinajstić information content (AvgIpc) is 2.64. The molecule has 0 aliphatic rings. The molecule has 0 heterocycles. The summed E-state index contributed by atoms with van der Waals surface area (Å²) < 4.78 is 5.26. The lowest BCUT2D eigenvalue weighted by Crippen LogP contribution is -1.97. The fourth-order valence-corrected chi connectivity index (χ4v) is 3.14. The zero-order valence-electron chi connectivity index (χ0n) is 15.8. The van der Waals surface area contributed by atoms with Gasteiger partial charge in [-0.1, -0.05) is 54.1 Å². The van der Waals surface area contributed by atoms with Crippen molar-refractivity contribution in [3.8, 4) is 5.75 Å². The van der Waals surface area contributed by atoms with E-state index in [0.717, 1.165) is 22.6 Å². The molecule has 0 aliphatic heterocycles. The quantitative estimate of drug-likeness (QED) is 0.531. The molecule has 0 fully saturated rings. The summed E-state index contributed by atoms with van der Waals surface area (Å²) in [6.07, 6.45) is 4.21. The van der Waals surface area contributed by atoms with Gasteiger partial charge in [-0.25, -0.2) is 0 Å². The van der Waals surface area contributed by atoms with Gasteiger partial charge in [0, 0.05) is 11.4 Å². The second-order valence-corrected chi connectivity index (χ2v) is 6.63. The van der Waals surface area contributed by atoms with Crippen molar-refractivity contribution in [3.63, 3.8) is 0 Å². The number of rotatable bonds is 5. The summed E-state index contributed by atoms with van der Waals surface area (Å²) in [7, 11) is 1.69. The average molecular weight is 343 g/mol. The van der Waals surface area contributed by atoms with Crippen molar-refractivity contribution < 1.29 is 4.74 Å². The number of hydrogen-bond acceptors (Lipinski definition) is 2. The molecule has 0 aromatic heterocycles. The van der Waals surface area contributed by atoms with Gasteiger partial charge < -0.3 is 10.1 Å². The summed E-state index contributed by atoms with van der Waals surface area (Å²) in [5, 5.41) is 3.54. The Bertz CT molecular complexity index is 900. The van der Waals surface area contributed by atoms with Crippen molar-refractivity contribution in [2.75, 3.05) is 12.4 Å². The van der Waals surface area contributed by atoms with Crippen LogP contribution in [0.4, 0.5) is 11.4 Å². The van der Waals surface area contributed by atoms with Gasteiger partial charge in [-0.05, 0) is 67.3 Å². The first-order valence-corrected chi connectivity index (χ1v) is 8.82. The van der Waals surface area contributed by atoms with Crippen LogP contribution in [-0.4, -0.2) is 7.11 Å². The van der Waals surface area contributed by atoms with E-state index in [-0.39, 0.29) is 0 Å². The largest absolute Gasteiger partial charge is 0.497 e. The van der Waals surface area contributed by atoms with E-state index in [1.54, 1.807) is 7.11 Å². The number of anilines is 2. The van der Waals surface area contributed by atoms with Crippen LogP contribution in [-0.2, 0) is 0 Å². The fraction of sp³-hybridized carbons (Fsp3) is 0.167. The summed E-state index contributed by atoms with van der Waals surface area (Å²) in [6, 6.07) is 20.9. The third kappa shape index (κ3) is 4.34. The Morgan fingerprint density at radius 2 is 1.42 bits per heavy atom. The van der Waals surface area contributed by atoms with Crippen molar-refractivity contribution in [3.05, 3.63) is 88.5 Å². The minimum absolute atomic E-state index is 0.871. The molecule has 0 amide bonds. The monoisotopic (exact) mass is 343 g/mol. The molecule has 0 aliphatic carbocycles. The predicted molar refractivity (Wildman–Crippen MR) is 112 cm³/mol. The molecule has 2 nitrogen and oxygen atoms in total. The molecule has 26 heavy (non-hydrogen) atoms. The number of benzene rings is 3. The molecule has 0 bridgehead atoms. The van der Waals surface area contributed by atoms with Crippen LogP contribution < -0.4 is 10.1 Å². The van der Waals surface area contributed by atoms with Crippen LogP contribution >= 0.6 is 0 Å². The Morgan fingerprint density at radius 3 is 2.08 bits per heavy atom. The van der Waals surface area contributed by atoms with Crippen LogP contribution in [0.15, 0.2) is 60.7 Å². The zero-order valence-corrected chi connectivity index (χ0v) is 15.8. The van der Waals surface area contributed by atoms with Crippen LogP contribution in [0.2, 0.25) is 0 Å². The van der Waals surface area contributed by atoms with E-state index in [0.29, 0.717) is 0 Å². The maximum Gasteiger partial charge on any atom is 0.119 e. The maximum absolute atomic E-state index is 5.26. The van der Waals surface area contributed by atoms with E-state index in [9.17, 15) is 0 Å². The summed E-state index contributed by atoms with van der Waals surface area (Å²) in [5.74, 6) is 0.871. The Balaban J connectivity index is 1.73. The molecule has 0 radical (unpaired) electrons. The SMILES string of the molecule is COc1cccc(/C=C/c2ccc(Nc3c(C)cc(C)cc3C)cc2)c1. The normalized spacial score (nSPS) is 10.9. The number of nitrogens with one attached hydrogen (secondary N) is 1. The molecule has 132 valence electrons. The molecule has 0 spiro atoms. The van der Waals surface area contributed by atoms with Gasteiger partial charge in [0.15, 0.2) is 0 Å². The van der Waals surface area contributed by atoms with Crippen LogP contribution in [0.25, 0.3) is 12.2 Å². The predicted octanol–water partition coefficient (Wildman–Crippen LogP) is 6.53. The number of aryl methyl sites for hydroxylation is 3. The Hall–Kier alpha value is -3.00. The van der Waals surface area contributed by atoms with Crippen molar-refractivity contribution in [2.24, 2.45) is 0 Å². The lowest BCUT2D eigenvalue weighted by Gasteiger charge is -2.14. The second kappa shape index (κ2) is 7.92. The number of methoxy groups -OCH3 is 1. The van der Waals surface area contributed by atoms with Gasteiger partial charge in [0.05, 0.1) is 7.11 Å². The van der Waals surface area contributed by atoms with Crippen molar-refractivity contribution in [2.45, 2.75) is 20.8 Å². The van der Waals surface area contributed by atoms with Crippen LogP contribution in [0.5, 0.6) is 5.75 Å². The summed E-state index contributed by atoms with van der Waals surface area (Å²) in [6.45, 7) is 6.42. The molecule has 1 N–H and O–H groups in total. The molecule has 3 aromatic rings. The van der Waals surface area contributed by atoms with Crippen LogP contribution in [0, 0.1) is 20.8 Å². The topological polar surface area (TPSA) is 21.3 Å². The first-order valence-electron chi connectivity index (χ1n) is 8.82. The summed E-state index contributed by atoms with van der Waals surface area (Å²) in [5.41, 5.74) is 8.40.